The molecule has 0 aliphatic carbocycles. The third-order valence-electron chi connectivity index (χ3n) is 3.61. The number of likely N-dealkylation sites (N-methyl/N-ethyl adjacent to an activating group) is 1. The average Bonchev–Trinajstić information content (AvgIpc) is 2.51. The molecular formula is C16H27N3O2. The van der Waals surface area contributed by atoms with Gasteiger partial charge in [0.2, 0.25) is 0 Å². The monoisotopic (exact) mass is 293 g/mol. The van der Waals surface area contributed by atoms with Crippen LogP contribution in [0.15, 0.2) is 24.3 Å². The summed E-state index contributed by atoms with van der Waals surface area (Å²) in [5.74, 6) is 0.842. The van der Waals surface area contributed by atoms with E-state index < -0.39 is 0 Å². The molecule has 1 aromatic carbocycles. The minimum absolute atomic E-state index is 0.0688. The maximum atomic E-state index is 11.8. The second-order valence-electron chi connectivity index (χ2n) is 5.09. The Kier molecular flexibility index (Phi) is 7.02. The first-order chi connectivity index (χ1) is 10.0. The van der Waals surface area contributed by atoms with Gasteiger partial charge in [0.1, 0.15) is 5.75 Å². The molecule has 0 saturated carbocycles. The fraction of sp³-hybridized carbons (Fsp3) is 0.562. The van der Waals surface area contributed by atoms with Gasteiger partial charge in [-0.05, 0) is 30.8 Å². The second kappa shape index (κ2) is 8.52. The number of carbonyl (C=O) groups excluding carboxylic acids is 1. The van der Waals surface area contributed by atoms with Gasteiger partial charge in [0, 0.05) is 20.6 Å². The Bertz CT molecular complexity index is 428. The number of nitrogens with one attached hydrogen (secondary N) is 1. The molecule has 118 valence electrons. The van der Waals surface area contributed by atoms with Crippen LogP contribution >= 0.6 is 0 Å². The van der Waals surface area contributed by atoms with Gasteiger partial charge in [0.05, 0.1) is 13.2 Å². The van der Waals surface area contributed by atoms with E-state index in [9.17, 15) is 4.79 Å². The number of carbonyl (C=O) groups is 1. The highest BCUT2D eigenvalue weighted by molar-refractivity contribution is 5.73. The molecule has 0 aromatic heterocycles. The molecule has 0 aliphatic heterocycles. The Hall–Kier alpha value is -1.75. The van der Waals surface area contributed by atoms with Gasteiger partial charge in [0.25, 0.3) is 0 Å². The zero-order valence-electron chi connectivity index (χ0n) is 13.7. The minimum atomic E-state index is -0.0688. The standard InChI is InChI=1S/C16H27N3O2/c1-6-19(7-2)15(12-17-16(20)18(3)4)13-8-10-14(21-5)11-9-13/h8-11,15H,6-7,12H2,1-5H3,(H,17,20). The van der Waals surface area contributed by atoms with Crippen LogP contribution in [0.2, 0.25) is 0 Å². The molecule has 1 N–H and O–H groups in total. The van der Waals surface area contributed by atoms with Crippen LogP contribution in [-0.4, -0.2) is 56.7 Å². The second-order valence-corrected chi connectivity index (χ2v) is 5.09. The van der Waals surface area contributed by atoms with Gasteiger partial charge < -0.3 is 15.0 Å². The lowest BCUT2D eigenvalue weighted by Crippen LogP contribution is -2.41. The largest absolute Gasteiger partial charge is 0.497 e. The summed E-state index contributed by atoms with van der Waals surface area (Å²) in [5, 5.41) is 2.97. The first-order valence-corrected chi connectivity index (χ1v) is 7.36. The molecule has 0 fully saturated rings. The lowest BCUT2D eigenvalue weighted by atomic mass is 10.0. The van der Waals surface area contributed by atoms with Crippen LogP contribution in [0.3, 0.4) is 0 Å². The van der Waals surface area contributed by atoms with Crippen molar-refractivity contribution in [2.24, 2.45) is 0 Å². The number of methoxy groups -OCH3 is 1. The first kappa shape index (κ1) is 17.3. The molecule has 1 unspecified atom stereocenters. The summed E-state index contributed by atoms with van der Waals surface area (Å²) in [4.78, 5) is 15.6. The molecule has 1 aromatic rings. The maximum absolute atomic E-state index is 11.8. The highest BCUT2D eigenvalue weighted by Gasteiger charge is 2.19. The molecular weight excluding hydrogens is 266 g/mol. The molecule has 0 saturated heterocycles. The third-order valence-corrected chi connectivity index (χ3v) is 3.61. The fourth-order valence-corrected chi connectivity index (χ4v) is 2.29. The molecule has 0 aliphatic rings. The van der Waals surface area contributed by atoms with Crippen molar-refractivity contribution in [1.82, 2.24) is 15.1 Å². The van der Waals surface area contributed by atoms with Crippen molar-refractivity contribution >= 4 is 6.03 Å². The van der Waals surface area contributed by atoms with Crippen molar-refractivity contribution in [2.45, 2.75) is 19.9 Å². The molecule has 0 spiro atoms. The van der Waals surface area contributed by atoms with Gasteiger partial charge in [-0.2, -0.15) is 0 Å². The Labute approximate surface area is 127 Å². The SMILES string of the molecule is CCN(CC)C(CNC(=O)N(C)C)c1ccc(OC)cc1. The van der Waals surface area contributed by atoms with E-state index in [1.807, 2.05) is 12.1 Å². The van der Waals surface area contributed by atoms with Crippen LogP contribution in [-0.2, 0) is 0 Å². The number of amides is 2. The van der Waals surface area contributed by atoms with Crippen LogP contribution in [0.25, 0.3) is 0 Å². The van der Waals surface area contributed by atoms with Crippen LogP contribution in [0, 0.1) is 0 Å². The minimum Gasteiger partial charge on any atom is -0.497 e. The van der Waals surface area contributed by atoms with E-state index in [2.05, 4.69) is 36.2 Å². The fourth-order valence-electron chi connectivity index (χ4n) is 2.29. The number of ether oxygens (including phenoxy) is 1. The predicted molar refractivity (Wildman–Crippen MR) is 85.7 cm³/mol. The summed E-state index contributed by atoms with van der Waals surface area (Å²) >= 11 is 0. The van der Waals surface area contributed by atoms with Gasteiger partial charge in [-0.1, -0.05) is 26.0 Å². The smallest absolute Gasteiger partial charge is 0.316 e. The van der Waals surface area contributed by atoms with Crippen LogP contribution in [0.4, 0.5) is 4.79 Å². The number of urea groups is 1. The van der Waals surface area contributed by atoms with Crippen molar-refractivity contribution in [1.29, 1.82) is 0 Å². The van der Waals surface area contributed by atoms with E-state index in [1.165, 1.54) is 5.56 Å². The molecule has 0 bridgehead atoms. The summed E-state index contributed by atoms with van der Waals surface area (Å²) in [6.07, 6.45) is 0. The third kappa shape index (κ3) is 4.93. The molecule has 1 rings (SSSR count). The number of nitrogens with zero attached hydrogens (tertiary/aromatic N) is 2. The van der Waals surface area contributed by atoms with E-state index in [0.717, 1.165) is 18.8 Å². The lowest BCUT2D eigenvalue weighted by Gasteiger charge is -2.30. The molecule has 5 heteroatoms. The molecule has 5 nitrogen and oxygen atoms in total. The quantitative estimate of drug-likeness (QED) is 0.839. The van der Waals surface area contributed by atoms with Crippen molar-refractivity contribution in [3.63, 3.8) is 0 Å². The highest BCUT2D eigenvalue weighted by Crippen LogP contribution is 2.22. The number of hydrogen-bond acceptors (Lipinski definition) is 3. The number of rotatable bonds is 7. The molecule has 0 heterocycles. The highest BCUT2D eigenvalue weighted by atomic mass is 16.5. The normalized spacial score (nSPS) is 12.1. The molecule has 0 radical (unpaired) electrons. The van der Waals surface area contributed by atoms with Gasteiger partial charge in [0.15, 0.2) is 0 Å². The summed E-state index contributed by atoms with van der Waals surface area (Å²) in [5.41, 5.74) is 1.18. The van der Waals surface area contributed by atoms with Crippen LogP contribution in [0.1, 0.15) is 25.5 Å². The lowest BCUT2D eigenvalue weighted by molar-refractivity contribution is 0.195. The number of hydrogen-bond donors (Lipinski definition) is 1. The average molecular weight is 293 g/mol. The number of benzene rings is 1. The van der Waals surface area contributed by atoms with Gasteiger partial charge >= 0.3 is 6.03 Å². The molecule has 1 atom stereocenters. The Morgan fingerprint density at radius 2 is 1.76 bits per heavy atom. The van der Waals surface area contributed by atoms with Gasteiger partial charge in [-0.15, -0.1) is 0 Å². The van der Waals surface area contributed by atoms with Crippen molar-refractivity contribution in [3.8, 4) is 5.75 Å². The van der Waals surface area contributed by atoms with Crippen molar-refractivity contribution in [3.05, 3.63) is 29.8 Å². The summed E-state index contributed by atoms with van der Waals surface area (Å²) in [6, 6.07) is 8.13. The summed E-state index contributed by atoms with van der Waals surface area (Å²) < 4.78 is 5.20. The molecule has 21 heavy (non-hydrogen) atoms. The Morgan fingerprint density at radius 1 is 1.19 bits per heavy atom. The first-order valence-electron chi connectivity index (χ1n) is 7.36. The van der Waals surface area contributed by atoms with Crippen LogP contribution in [0.5, 0.6) is 5.75 Å². The topological polar surface area (TPSA) is 44.8 Å². The van der Waals surface area contributed by atoms with Crippen LogP contribution < -0.4 is 10.1 Å². The van der Waals surface area contributed by atoms with E-state index in [1.54, 1.807) is 26.1 Å². The predicted octanol–water partition coefficient (Wildman–Crippen LogP) is 2.35. The van der Waals surface area contributed by atoms with E-state index in [4.69, 9.17) is 4.74 Å². The van der Waals surface area contributed by atoms with Crippen molar-refractivity contribution < 1.29 is 9.53 Å². The summed E-state index contributed by atoms with van der Waals surface area (Å²) in [7, 11) is 5.15. The van der Waals surface area contributed by atoms with Crippen molar-refractivity contribution in [2.75, 3.05) is 40.8 Å². The van der Waals surface area contributed by atoms with E-state index in [-0.39, 0.29) is 12.1 Å². The van der Waals surface area contributed by atoms with Gasteiger partial charge in [-0.25, -0.2) is 4.79 Å². The van der Waals surface area contributed by atoms with Gasteiger partial charge in [-0.3, -0.25) is 4.90 Å². The zero-order chi connectivity index (χ0) is 15.8. The Morgan fingerprint density at radius 3 is 2.19 bits per heavy atom. The summed E-state index contributed by atoms with van der Waals surface area (Å²) in [6.45, 7) is 6.72. The van der Waals surface area contributed by atoms with E-state index >= 15 is 0 Å². The molecule has 2 amide bonds. The van der Waals surface area contributed by atoms with E-state index in [0.29, 0.717) is 6.54 Å². The zero-order valence-corrected chi connectivity index (χ0v) is 13.7. The Balaban J connectivity index is 2.87. The maximum Gasteiger partial charge on any atom is 0.316 e.